The molecule has 2 aromatic heterocycles. The van der Waals surface area contributed by atoms with Crippen LogP contribution in [0.4, 0.5) is 16.2 Å². The van der Waals surface area contributed by atoms with Gasteiger partial charge in [-0.1, -0.05) is 12.1 Å². The first kappa shape index (κ1) is 26.1. The smallest absolute Gasteiger partial charge is 0.222 e. The van der Waals surface area contributed by atoms with Crippen molar-refractivity contribution in [3.05, 3.63) is 35.5 Å². The third-order valence-electron chi connectivity index (χ3n) is 6.60. The summed E-state index contributed by atoms with van der Waals surface area (Å²) in [5.74, 6) is 1.46. The highest BCUT2D eigenvalue weighted by Gasteiger charge is 2.28. The van der Waals surface area contributed by atoms with Crippen molar-refractivity contribution in [2.75, 3.05) is 51.2 Å². The van der Waals surface area contributed by atoms with E-state index in [1.54, 1.807) is 18.9 Å². The second-order valence-corrected chi connectivity index (χ2v) is 9.13. The highest BCUT2D eigenvalue weighted by molar-refractivity contribution is 5.86. The van der Waals surface area contributed by atoms with Crippen molar-refractivity contribution in [1.82, 2.24) is 25.1 Å². The molecule has 0 saturated heterocycles. The lowest BCUT2D eigenvalue weighted by molar-refractivity contribution is 0.0170. The van der Waals surface area contributed by atoms with E-state index in [-0.39, 0.29) is 19.2 Å². The van der Waals surface area contributed by atoms with E-state index in [4.69, 9.17) is 20.3 Å². The number of methoxy groups -OCH3 is 2. The molecule has 0 bridgehead atoms. The predicted molar refractivity (Wildman–Crippen MR) is 137 cm³/mol. The molecule has 10 nitrogen and oxygen atoms in total. The van der Waals surface area contributed by atoms with Crippen LogP contribution < -0.4 is 20.7 Å². The standard InChI is InChI=1S/C25H36FN7O3/c1-35-20-12-19(13-20)28-14-17-5-6-18(22(11-17)36-2)15-33-16-21-23(31-33)24(30-25(27)29-21)32(9-10-34)8-4-3-7-26/h5-6,11,16,19-20,28,34H,3-4,7-10,12-15H2,1-2H3,(H2,27,29). The third-order valence-corrected chi connectivity index (χ3v) is 6.60. The zero-order valence-corrected chi connectivity index (χ0v) is 21.0. The molecule has 0 spiro atoms. The molecule has 1 aliphatic carbocycles. The molecule has 3 aromatic rings. The van der Waals surface area contributed by atoms with Crippen molar-refractivity contribution >= 4 is 22.8 Å². The Bertz CT molecular complexity index is 1140. The lowest BCUT2D eigenvalue weighted by atomic mass is 9.89. The molecule has 36 heavy (non-hydrogen) atoms. The number of hydrogen-bond acceptors (Lipinski definition) is 9. The van der Waals surface area contributed by atoms with Crippen LogP contribution in [0.25, 0.3) is 11.0 Å². The topological polar surface area (TPSA) is 124 Å². The van der Waals surface area contributed by atoms with Crippen LogP contribution in [-0.4, -0.2) is 77.6 Å². The number of alkyl halides is 1. The number of nitrogens with one attached hydrogen (secondary N) is 1. The monoisotopic (exact) mass is 501 g/mol. The number of fused-ring (bicyclic) bond motifs is 1. The van der Waals surface area contributed by atoms with Crippen LogP contribution >= 0.6 is 0 Å². The summed E-state index contributed by atoms with van der Waals surface area (Å²) in [6.07, 6.45) is 5.36. The average molecular weight is 502 g/mol. The zero-order chi connectivity index (χ0) is 25.5. The van der Waals surface area contributed by atoms with Gasteiger partial charge in [-0.2, -0.15) is 10.1 Å². The van der Waals surface area contributed by atoms with Crippen LogP contribution in [0.5, 0.6) is 5.75 Å². The number of anilines is 2. The van der Waals surface area contributed by atoms with E-state index < -0.39 is 0 Å². The summed E-state index contributed by atoms with van der Waals surface area (Å²) in [5, 5.41) is 17.8. The summed E-state index contributed by atoms with van der Waals surface area (Å²) in [7, 11) is 3.43. The number of hydrogen-bond donors (Lipinski definition) is 3. The molecular weight excluding hydrogens is 465 g/mol. The normalized spacial score (nSPS) is 17.3. The van der Waals surface area contributed by atoms with Gasteiger partial charge in [0, 0.05) is 38.3 Å². The number of benzene rings is 1. The molecule has 11 heteroatoms. The summed E-state index contributed by atoms with van der Waals surface area (Å²) in [4.78, 5) is 10.6. The molecule has 196 valence electrons. The van der Waals surface area contributed by atoms with Crippen molar-refractivity contribution in [2.24, 2.45) is 0 Å². The molecule has 0 unspecified atom stereocenters. The number of aromatic nitrogens is 4. The van der Waals surface area contributed by atoms with Gasteiger partial charge in [0.1, 0.15) is 11.3 Å². The summed E-state index contributed by atoms with van der Waals surface area (Å²) in [6, 6.07) is 6.69. The Morgan fingerprint density at radius 1 is 1.22 bits per heavy atom. The summed E-state index contributed by atoms with van der Waals surface area (Å²) in [5.41, 5.74) is 9.31. The molecule has 1 aliphatic rings. The summed E-state index contributed by atoms with van der Waals surface area (Å²) >= 11 is 0. The Morgan fingerprint density at radius 2 is 2.06 bits per heavy atom. The maximum absolute atomic E-state index is 12.6. The van der Waals surface area contributed by atoms with Crippen LogP contribution in [0.15, 0.2) is 24.4 Å². The maximum atomic E-state index is 12.6. The number of nitrogen functional groups attached to an aromatic ring is 1. The molecular formula is C25H36FN7O3. The number of unbranched alkanes of at least 4 members (excludes halogenated alkanes) is 1. The Hall–Kier alpha value is -3.02. The lowest BCUT2D eigenvalue weighted by Crippen LogP contribution is -2.44. The van der Waals surface area contributed by atoms with Crippen LogP contribution in [-0.2, 0) is 17.8 Å². The molecule has 0 aliphatic heterocycles. The van der Waals surface area contributed by atoms with Gasteiger partial charge in [-0.25, -0.2) is 4.98 Å². The molecule has 0 radical (unpaired) electrons. The molecule has 4 rings (SSSR count). The van der Waals surface area contributed by atoms with E-state index in [1.807, 2.05) is 11.1 Å². The van der Waals surface area contributed by atoms with E-state index in [9.17, 15) is 9.50 Å². The van der Waals surface area contributed by atoms with Gasteiger partial charge in [-0.15, -0.1) is 0 Å². The largest absolute Gasteiger partial charge is 0.496 e. The van der Waals surface area contributed by atoms with Gasteiger partial charge < -0.3 is 30.5 Å². The minimum atomic E-state index is -0.380. The SMILES string of the molecule is COc1cc(CNC2CC(OC)C2)ccc1Cn1cc2nc(N)nc(N(CCO)CCCCF)c2n1. The van der Waals surface area contributed by atoms with Crippen LogP contribution in [0, 0.1) is 0 Å². The number of nitrogens with two attached hydrogens (primary N) is 1. The van der Waals surface area contributed by atoms with Gasteiger partial charge >= 0.3 is 0 Å². The number of aliphatic hydroxyl groups excluding tert-OH is 1. The fourth-order valence-electron chi connectivity index (χ4n) is 4.50. The Labute approximate surface area is 210 Å². The molecule has 0 amide bonds. The van der Waals surface area contributed by atoms with Crippen LogP contribution in [0.2, 0.25) is 0 Å². The second-order valence-electron chi connectivity index (χ2n) is 9.13. The quantitative estimate of drug-likeness (QED) is 0.285. The molecule has 1 fully saturated rings. The third kappa shape index (κ3) is 6.21. The van der Waals surface area contributed by atoms with Gasteiger partial charge in [0.15, 0.2) is 11.3 Å². The lowest BCUT2D eigenvalue weighted by Gasteiger charge is -2.34. The Morgan fingerprint density at radius 3 is 2.78 bits per heavy atom. The highest BCUT2D eigenvalue weighted by atomic mass is 19.1. The van der Waals surface area contributed by atoms with Crippen LogP contribution in [0.3, 0.4) is 0 Å². The molecule has 1 aromatic carbocycles. The Balaban J connectivity index is 1.50. The van der Waals surface area contributed by atoms with Gasteiger partial charge in [-0.05, 0) is 37.3 Å². The fraction of sp³-hybridized carbons (Fsp3) is 0.560. The number of ether oxygens (including phenoxy) is 2. The zero-order valence-electron chi connectivity index (χ0n) is 21.0. The Kier molecular flexibility index (Phi) is 8.89. The highest BCUT2D eigenvalue weighted by Crippen LogP contribution is 2.27. The van der Waals surface area contributed by atoms with Gasteiger partial charge in [0.25, 0.3) is 0 Å². The van der Waals surface area contributed by atoms with Crippen molar-refractivity contribution < 1.29 is 19.0 Å². The van der Waals surface area contributed by atoms with E-state index in [2.05, 4.69) is 33.5 Å². The first-order valence-corrected chi connectivity index (χ1v) is 12.4. The van der Waals surface area contributed by atoms with Crippen molar-refractivity contribution in [2.45, 2.75) is 50.9 Å². The van der Waals surface area contributed by atoms with Crippen molar-refractivity contribution in [3.63, 3.8) is 0 Å². The fourth-order valence-corrected chi connectivity index (χ4v) is 4.50. The minimum Gasteiger partial charge on any atom is -0.496 e. The van der Waals surface area contributed by atoms with Crippen molar-refractivity contribution in [3.8, 4) is 5.75 Å². The van der Waals surface area contributed by atoms with E-state index in [1.165, 1.54) is 0 Å². The van der Waals surface area contributed by atoms with Crippen LogP contribution in [0.1, 0.15) is 36.8 Å². The minimum absolute atomic E-state index is 0.0617. The van der Waals surface area contributed by atoms with Crippen molar-refractivity contribution in [1.29, 1.82) is 0 Å². The number of nitrogens with zero attached hydrogens (tertiary/aromatic N) is 5. The first-order chi connectivity index (χ1) is 17.5. The van der Waals surface area contributed by atoms with E-state index >= 15 is 0 Å². The number of aliphatic hydroxyl groups is 1. The number of rotatable bonds is 14. The molecule has 4 N–H and O–H groups in total. The van der Waals surface area contributed by atoms with E-state index in [0.29, 0.717) is 61.5 Å². The second kappa shape index (κ2) is 12.3. The molecule has 0 atom stereocenters. The average Bonchev–Trinajstić information content (AvgIpc) is 3.25. The first-order valence-electron chi connectivity index (χ1n) is 12.4. The molecule has 2 heterocycles. The van der Waals surface area contributed by atoms with Gasteiger partial charge in [-0.3, -0.25) is 9.07 Å². The summed E-state index contributed by atoms with van der Waals surface area (Å²) < 4.78 is 25.4. The summed E-state index contributed by atoms with van der Waals surface area (Å²) in [6.45, 7) is 1.69. The molecule has 1 saturated carbocycles. The number of halogens is 1. The van der Waals surface area contributed by atoms with E-state index in [0.717, 1.165) is 36.3 Å². The van der Waals surface area contributed by atoms with Gasteiger partial charge in [0.2, 0.25) is 5.95 Å². The maximum Gasteiger partial charge on any atom is 0.222 e. The predicted octanol–water partition coefficient (Wildman–Crippen LogP) is 2.28. The van der Waals surface area contributed by atoms with Gasteiger partial charge in [0.05, 0.1) is 39.2 Å².